The molecule has 2 aromatic heterocycles. The number of hydroxylamine groups is 1. The van der Waals surface area contributed by atoms with E-state index in [1.165, 1.54) is 11.8 Å². The van der Waals surface area contributed by atoms with Crippen molar-refractivity contribution in [1.29, 1.82) is 0 Å². The van der Waals surface area contributed by atoms with Gasteiger partial charge < -0.3 is 15.6 Å². The molecule has 5 N–H and O–H groups in total. The van der Waals surface area contributed by atoms with Crippen LogP contribution in [-0.4, -0.2) is 44.3 Å². The second-order valence-electron chi connectivity index (χ2n) is 3.83. The fourth-order valence-corrected chi connectivity index (χ4v) is 1.60. The highest BCUT2D eigenvalue weighted by molar-refractivity contribution is 5.81. The molecule has 2 amide bonds. The fourth-order valence-electron chi connectivity index (χ4n) is 1.60. The van der Waals surface area contributed by atoms with Crippen LogP contribution < -0.4 is 16.1 Å². The molecule has 102 valence electrons. The number of H-pyrrole nitrogens is 1. The molecule has 2 rings (SSSR count). The number of aromatic nitrogens is 4. The number of carbonyl (C=O) groups is 1. The van der Waals surface area contributed by atoms with Crippen molar-refractivity contribution in [3.63, 3.8) is 0 Å². The van der Waals surface area contributed by atoms with Crippen molar-refractivity contribution in [2.24, 2.45) is 0 Å². The van der Waals surface area contributed by atoms with Crippen LogP contribution in [0.25, 0.3) is 11.2 Å². The number of imidazole rings is 1. The lowest BCUT2D eigenvalue weighted by molar-refractivity contribution is 0.161. The summed E-state index contributed by atoms with van der Waals surface area (Å²) in [6.07, 6.45) is 4.67. The number of nitrogens with zero attached hydrogens (tertiary/aromatic N) is 3. The number of rotatable bonds is 6. The van der Waals surface area contributed by atoms with E-state index in [-0.39, 0.29) is 0 Å². The third-order valence-corrected chi connectivity index (χ3v) is 2.51. The molecule has 2 heterocycles. The van der Waals surface area contributed by atoms with Crippen LogP contribution in [0.15, 0.2) is 12.7 Å². The van der Waals surface area contributed by atoms with Gasteiger partial charge in [0.05, 0.1) is 6.33 Å². The van der Waals surface area contributed by atoms with Crippen LogP contribution in [0.3, 0.4) is 0 Å². The highest BCUT2D eigenvalue weighted by Gasteiger charge is 2.04. The third-order valence-electron chi connectivity index (χ3n) is 2.51. The summed E-state index contributed by atoms with van der Waals surface area (Å²) in [6, 6.07) is -0.595. The van der Waals surface area contributed by atoms with E-state index in [0.29, 0.717) is 24.6 Å². The predicted octanol–water partition coefficient (Wildman–Crippen LogP) is 0.233. The number of carbonyl (C=O) groups excluding carboxylic acids is 1. The molecule has 19 heavy (non-hydrogen) atoms. The van der Waals surface area contributed by atoms with Gasteiger partial charge >= 0.3 is 6.03 Å². The van der Waals surface area contributed by atoms with Crippen LogP contribution in [0.2, 0.25) is 0 Å². The fraction of sp³-hybridized carbons (Fsp3) is 0.400. The van der Waals surface area contributed by atoms with Crippen LogP contribution in [0, 0.1) is 0 Å². The molecular formula is C10H15N7O2. The number of urea groups is 1. The number of anilines is 1. The molecule has 0 atom stereocenters. The average Bonchev–Trinajstić information content (AvgIpc) is 2.91. The second-order valence-corrected chi connectivity index (χ2v) is 3.83. The Kier molecular flexibility index (Phi) is 4.45. The molecule has 0 aromatic carbocycles. The van der Waals surface area contributed by atoms with Gasteiger partial charge in [-0.15, -0.1) is 0 Å². The second kappa shape index (κ2) is 6.50. The predicted molar refractivity (Wildman–Crippen MR) is 67.7 cm³/mol. The molecule has 9 heteroatoms. The lowest BCUT2D eigenvalue weighted by Crippen LogP contribution is -2.33. The molecule has 0 aliphatic rings. The molecule has 0 unspecified atom stereocenters. The summed E-state index contributed by atoms with van der Waals surface area (Å²) < 4.78 is 0. The monoisotopic (exact) mass is 265 g/mol. The van der Waals surface area contributed by atoms with E-state index in [9.17, 15) is 4.79 Å². The van der Waals surface area contributed by atoms with E-state index in [1.807, 2.05) is 0 Å². The number of fused-ring (bicyclic) bond motifs is 1. The number of aromatic amines is 1. The standard InChI is InChI=1S/C10H15N7O2/c18-10(17-19)12-4-2-1-3-11-8-7-9(14-5-13-7)16-6-15-8/h5-6,19H,1-4H2,(H2,12,17,18)(H2,11,13,14,15,16). The highest BCUT2D eigenvalue weighted by atomic mass is 16.5. The van der Waals surface area contributed by atoms with Crippen LogP contribution in [0.1, 0.15) is 12.8 Å². The summed E-state index contributed by atoms with van der Waals surface area (Å²) in [5, 5.41) is 13.9. The molecule has 0 fully saturated rings. The average molecular weight is 265 g/mol. The molecule has 0 radical (unpaired) electrons. The molecule has 0 saturated heterocycles. The number of hydrogen-bond acceptors (Lipinski definition) is 6. The molecule has 9 nitrogen and oxygen atoms in total. The first kappa shape index (κ1) is 13.0. The first-order valence-electron chi connectivity index (χ1n) is 5.87. The zero-order valence-corrected chi connectivity index (χ0v) is 10.2. The van der Waals surface area contributed by atoms with E-state index in [4.69, 9.17) is 5.21 Å². The van der Waals surface area contributed by atoms with Gasteiger partial charge in [0.25, 0.3) is 0 Å². The number of hydrogen-bond donors (Lipinski definition) is 5. The van der Waals surface area contributed by atoms with E-state index in [2.05, 4.69) is 30.6 Å². The summed E-state index contributed by atoms with van der Waals surface area (Å²) in [7, 11) is 0. The normalized spacial score (nSPS) is 10.4. The zero-order chi connectivity index (χ0) is 13.5. The minimum absolute atomic E-state index is 0.497. The number of nitrogens with one attached hydrogen (secondary N) is 4. The first-order chi connectivity index (χ1) is 9.31. The molecule has 0 saturated carbocycles. The Balaban J connectivity index is 1.71. The molecule has 0 aliphatic heterocycles. The SMILES string of the molecule is O=C(NO)NCCCCNc1ncnc2nc[nH]c12. The Morgan fingerprint density at radius 3 is 2.95 bits per heavy atom. The van der Waals surface area contributed by atoms with Crippen LogP contribution in [-0.2, 0) is 0 Å². The van der Waals surface area contributed by atoms with Crippen molar-refractivity contribution < 1.29 is 10.0 Å². The van der Waals surface area contributed by atoms with Gasteiger partial charge in [-0.25, -0.2) is 25.2 Å². The Bertz CT molecular complexity index is 541. The summed E-state index contributed by atoms with van der Waals surface area (Å²) in [5.41, 5.74) is 2.91. The molecule has 2 aromatic rings. The lowest BCUT2D eigenvalue weighted by Gasteiger charge is -2.06. The highest BCUT2D eigenvalue weighted by Crippen LogP contribution is 2.13. The van der Waals surface area contributed by atoms with Crippen LogP contribution in [0.4, 0.5) is 10.6 Å². The third kappa shape index (κ3) is 3.52. The summed E-state index contributed by atoms with van der Waals surface area (Å²) in [5.74, 6) is 0.712. The van der Waals surface area contributed by atoms with Crippen LogP contribution >= 0.6 is 0 Å². The smallest absolute Gasteiger partial charge is 0.338 e. The number of amides is 2. The summed E-state index contributed by atoms with van der Waals surface area (Å²) in [6.45, 7) is 1.21. The van der Waals surface area contributed by atoms with E-state index in [1.54, 1.807) is 6.33 Å². The van der Waals surface area contributed by atoms with E-state index >= 15 is 0 Å². The van der Waals surface area contributed by atoms with Gasteiger partial charge in [-0.05, 0) is 12.8 Å². The maximum absolute atomic E-state index is 10.7. The molecule has 0 bridgehead atoms. The van der Waals surface area contributed by atoms with Gasteiger partial charge in [0.2, 0.25) is 0 Å². The summed E-state index contributed by atoms with van der Waals surface area (Å²) in [4.78, 5) is 25.8. The van der Waals surface area contributed by atoms with E-state index < -0.39 is 6.03 Å². The van der Waals surface area contributed by atoms with Gasteiger partial charge in [-0.3, -0.25) is 5.21 Å². The van der Waals surface area contributed by atoms with Crippen molar-refractivity contribution in [2.75, 3.05) is 18.4 Å². The van der Waals surface area contributed by atoms with Gasteiger partial charge in [0.1, 0.15) is 11.8 Å². The van der Waals surface area contributed by atoms with Gasteiger partial charge in [0, 0.05) is 13.1 Å². The van der Waals surface area contributed by atoms with Gasteiger partial charge in [-0.1, -0.05) is 0 Å². The Labute approximate surface area is 108 Å². The number of unbranched alkanes of at least 4 members (excludes halogenated alkanes) is 1. The lowest BCUT2D eigenvalue weighted by atomic mass is 10.3. The summed E-state index contributed by atoms with van der Waals surface area (Å²) >= 11 is 0. The van der Waals surface area contributed by atoms with Crippen molar-refractivity contribution in [3.05, 3.63) is 12.7 Å². The largest absolute Gasteiger partial charge is 0.368 e. The molecular weight excluding hydrogens is 250 g/mol. The first-order valence-corrected chi connectivity index (χ1v) is 5.87. The maximum Gasteiger partial charge on any atom is 0.338 e. The van der Waals surface area contributed by atoms with Crippen LogP contribution in [0.5, 0.6) is 0 Å². The van der Waals surface area contributed by atoms with Crippen molar-refractivity contribution in [2.45, 2.75) is 12.8 Å². The molecule has 0 spiro atoms. The maximum atomic E-state index is 10.7. The Morgan fingerprint density at radius 2 is 2.11 bits per heavy atom. The Morgan fingerprint density at radius 1 is 1.26 bits per heavy atom. The zero-order valence-electron chi connectivity index (χ0n) is 10.2. The van der Waals surface area contributed by atoms with Crippen molar-refractivity contribution in [1.82, 2.24) is 30.7 Å². The van der Waals surface area contributed by atoms with Gasteiger partial charge in [-0.2, -0.15) is 0 Å². The van der Waals surface area contributed by atoms with E-state index in [0.717, 1.165) is 18.4 Å². The van der Waals surface area contributed by atoms with Crippen molar-refractivity contribution in [3.8, 4) is 0 Å². The quantitative estimate of drug-likeness (QED) is 0.289. The minimum atomic E-state index is -0.595. The minimum Gasteiger partial charge on any atom is -0.368 e. The topological polar surface area (TPSA) is 128 Å². The van der Waals surface area contributed by atoms with Crippen molar-refractivity contribution >= 4 is 23.0 Å². The molecule has 0 aliphatic carbocycles. The van der Waals surface area contributed by atoms with Gasteiger partial charge in [0.15, 0.2) is 11.5 Å². The Hall–Kier alpha value is -2.42.